The molecule has 3 aromatic heterocycles. The highest BCUT2D eigenvalue weighted by molar-refractivity contribution is 5.88. The number of fused-ring (bicyclic) bond motifs is 1. The summed E-state index contributed by atoms with van der Waals surface area (Å²) in [5.74, 6) is 0.392. The fraction of sp³-hybridized carbons (Fsp3) is 0.433. The van der Waals surface area contributed by atoms with Crippen molar-refractivity contribution in [2.75, 3.05) is 12.3 Å². The van der Waals surface area contributed by atoms with Gasteiger partial charge in [0.15, 0.2) is 0 Å². The summed E-state index contributed by atoms with van der Waals surface area (Å²) in [5, 5.41) is 10.1. The molecule has 40 heavy (non-hydrogen) atoms. The molecular formula is C30H37N8O2+. The highest BCUT2D eigenvalue weighted by atomic mass is 16.2. The number of H-pyrrole nitrogens is 1. The van der Waals surface area contributed by atoms with Crippen LogP contribution in [-0.4, -0.2) is 44.3 Å². The number of rotatable bonds is 8. The van der Waals surface area contributed by atoms with Gasteiger partial charge in [0.25, 0.3) is 0 Å². The van der Waals surface area contributed by atoms with E-state index in [-0.39, 0.29) is 29.5 Å². The van der Waals surface area contributed by atoms with Gasteiger partial charge in [-0.2, -0.15) is 4.68 Å². The van der Waals surface area contributed by atoms with E-state index in [2.05, 4.69) is 20.7 Å². The van der Waals surface area contributed by atoms with Crippen molar-refractivity contribution in [1.82, 2.24) is 30.4 Å². The van der Waals surface area contributed by atoms with E-state index in [1.807, 2.05) is 56.3 Å². The van der Waals surface area contributed by atoms with E-state index in [0.717, 1.165) is 66.6 Å². The van der Waals surface area contributed by atoms with Crippen molar-refractivity contribution in [2.24, 2.45) is 5.92 Å². The van der Waals surface area contributed by atoms with Gasteiger partial charge >= 0.3 is 11.6 Å². The number of nitrogens with two attached hydrogens (primary N) is 1. The number of hydrogen-bond donors (Lipinski definition) is 4. The van der Waals surface area contributed by atoms with Crippen molar-refractivity contribution >= 4 is 17.5 Å². The first-order chi connectivity index (χ1) is 19.4. The van der Waals surface area contributed by atoms with Crippen LogP contribution < -0.4 is 26.5 Å². The first kappa shape index (κ1) is 26.2. The Kier molecular flexibility index (Phi) is 7.10. The average Bonchev–Trinajstić information content (AvgIpc) is 3.69. The van der Waals surface area contributed by atoms with Crippen LogP contribution in [-0.2, 0) is 11.3 Å². The lowest BCUT2D eigenvalue weighted by molar-refractivity contribution is -0.516. The predicted molar refractivity (Wildman–Crippen MR) is 153 cm³/mol. The maximum atomic E-state index is 13.5. The number of carbonyl (C=O) groups is 1. The number of nitrogens with one attached hydrogen (secondary N) is 3. The molecule has 0 saturated heterocycles. The Hall–Kier alpha value is -4.05. The Morgan fingerprint density at radius 2 is 1.80 bits per heavy atom. The number of aryl methyl sites for hydroxylation is 2. The van der Waals surface area contributed by atoms with Crippen LogP contribution in [0.15, 0.2) is 47.3 Å². The minimum atomic E-state index is -0.268. The zero-order valence-electron chi connectivity index (χ0n) is 23.1. The monoisotopic (exact) mass is 541 g/mol. The van der Waals surface area contributed by atoms with E-state index < -0.39 is 0 Å². The van der Waals surface area contributed by atoms with Gasteiger partial charge < -0.3 is 16.4 Å². The third-order valence-corrected chi connectivity index (χ3v) is 7.97. The number of anilines is 1. The van der Waals surface area contributed by atoms with Gasteiger partial charge in [-0.3, -0.25) is 9.78 Å². The molecule has 2 saturated carbocycles. The van der Waals surface area contributed by atoms with Gasteiger partial charge in [0.05, 0.1) is 12.1 Å². The Labute approximate surface area is 233 Å². The van der Waals surface area contributed by atoms with Crippen molar-refractivity contribution in [2.45, 2.75) is 71.0 Å². The molecule has 6 rings (SSSR count). The maximum absolute atomic E-state index is 13.5. The van der Waals surface area contributed by atoms with Gasteiger partial charge in [-0.25, -0.2) is 9.89 Å². The van der Waals surface area contributed by atoms with Crippen molar-refractivity contribution in [3.63, 3.8) is 0 Å². The predicted octanol–water partition coefficient (Wildman–Crippen LogP) is 2.67. The van der Waals surface area contributed by atoms with Gasteiger partial charge in [-0.15, -0.1) is 9.38 Å². The van der Waals surface area contributed by atoms with Crippen LogP contribution in [0, 0.1) is 19.8 Å². The van der Waals surface area contributed by atoms with Gasteiger partial charge in [-0.1, -0.05) is 36.8 Å². The van der Waals surface area contributed by atoms with Crippen LogP contribution in [0.1, 0.15) is 49.9 Å². The third-order valence-electron chi connectivity index (χ3n) is 7.97. The smallest absolute Gasteiger partial charge is 0.353 e. The highest BCUT2D eigenvalue weighted by Gasteiger charge is 2.31. The van der Waals surface area contributed by atoms with E-state index in [0.29, 0.717) is 30.5 Å². The van der Waals surface area contributed by atoms with E-state index in [9.17, 15) is 9.59 Å². The van der Waals surface area contributed by atoms with Crippen LogP contribution in [0.4, 0.5) is 5.95 Å². The summed E-state index contributed by atoms with van der Waals surface area (Å²) in [4.78, 5) is 35.4. The molecule has 0 aliphatic heterocycles. The normalized spacial score (nSPS) is 19.1. The average molecular weight is 542 g/mol. The molecule has 2 aliphatic rings. The maximum Gasteiger partial charge on any atom is 0.428 e. The van der Waals surface area contributed by atoms with Crippen molar-refractivity contribution in [1.29, 1.82) is 0 Å². The summed E-state index contributed by atoms with van der Waals surface area (Å²) in [7, 11) is 0. The fourth-order valence-corrected chi connectivity index (χ4v) is 5.90. The second-order valence-corrected chi connectivity index (χ2v) is 11.2. The summed E-state index contributed by atoms with van der Waals surface area (Å²) in [6, 6.07) is 14.5. The first-order valence-corrected chi connectivity index (χ1v) is 14.3. The van der Waals surface area contributed by atoms with Crippen LogP contribution in [0.3, 0.4) is 0 Å². The number of hydrogen-bond acceptors (Lipinski definition) is 6. The number of benzene rings is 1. The lowest BCUT2D eigenvalue weighted by atomic mass is 9.85. The molecule has 4 aromatic rings. The van der Waals surface area contributed by atoms with E-state index in [1.54, 1.807) is 4.68 Å². The summed E-state index contributed by atoms with van der Waals surface area (Å²) in [6.45, 7) is 4.94. The number of aromatic amines is 1. The molecule has 208 valence electrons. The molecule has 2 unspecified atom stereocenters. The quantitative estimate of drug-likeness (QED) is 0.253. The summed E-state index contributed by atoms with van der Waals surface area (Å²) < 4.78 is 3.03. The van der Waals surface area contributed by atoms with Crippen LogP contribution >= 0.6 is 0 Å². The number of amides is 1. The number of carbonyl (C=O) groups excluding carboxylic acids is 1. The Morgan fingerprint density at radius 3 is 2.52 bits per heavy atom. The fourth-order valence-electron chi connectivity index (χ4n) is 5.90. The first-order valence-electron chi connectivity index (χ1n) is 14.3. The van der Waals surface area contributed by atoms with Crippen molar-refractivity contribution < 1.29 is 9.20 Å². The van der Waals surface area contributed by atoms with Gasteiger partial charge in [0.2, 0.25) is 11.6 Å². The second kappa shape index (κ2) is 10.8. The zero-order valence-corrected chi connectivity index (χ0v) is 23.1. The van der Waals surface area contributed by atoms with Gasteiger partial charge in [-0.05, 0) is 63.6 Å². The molecule has 0 bridgehead atoms. The van der Waals surface area contributed by atoms with E-state index in [4.69, 9.17) is 10.7 Å². The Balaban J connectivity index is 1.29. The molecule has 1 aromatic carbocycles. The standard InChI is InChI=1S/C30H36N8O2/c1-18-15-22(16-19(2)33-18)25-26(20-7-4-3-5-8-20)35-29(31)38-27(25)36-37(30(38)40)14-13-32-24-10-6-9-21(17-24)28(39)34-23-11-12-23/h3-5,7-8,15-16,21,23-24,32H,6,9-14,17H2,1-2H3,(H3,31,33,34,35,36,39)/p+1. The topological polar surface area (TPSA) is 135 Å². The molecule has 2 aliphatic carbocycles. The molecule has 10 heteroatoms. The minimum Gasteiger partial charge on any atom is -0.353 e. The van der Waals surface area contributed by atoms with Gasteiger partial charge in [0.1, 0.15) is 5.69 Å². The second-order valence-electron chi connectivity index (χ2n) is 11.2. The lowest BCUT2D eigenvalue weighted by Crippen LogP contribution is -2.46. The van der Waals surface area contributed by atoms with Crippen LogP contribution in [0.5, 0.6) is 0 Å². The van der Waals surface area contributed by atoms with Crippen molar-refractivity contribution in [3.05, 3.63) is 64.3 Å². The molecule has 0 radical (unpaired) electrons. The van der Waals surface area contributed by atoms with Crippen LogP contribution in [0.2, 0.25) is 0 Å². The zero-order chi connectivity index (χ0) is 27.8. The minimum absolute atomic E-state index is 0.0651. The highest BCUT2D eigenvalue weighted by Crippen LogP contribution is 2.33. The summed E-state index contributed by atoms with van der Waals surface area (Å²) >= 11 is 0. The molecule has 3 heterocycles. The van der Waals surface area contributed by atoms with Crippen LogP contribution in [0.25, 0.3) is 28.0 Å². The Bertz CT molecular complexity index is 1590. The molecular weight excluding hydrogens is 504 g/mol. The summed E-state index contributed by atoms with van der Waals surface area (Å²) in [6.07, 6.45) is 6.05. The van der Waals surface area contributed by atoms with E-state index >= 15 is 0 Å². The molecule has 10 nitrogen and oxygen atoms in total. The number of pyridine rings is 1. The lowest BCUT2D eigenvalue weighted by Gasteiger charge is -2.29. The molecule has 1 amide bonds. The van der Waals surface area contributed by atoms with Crippen molar-refractivity contribution in [3.8, 4) is 22.4 Å². The molecule has 2 fully saturated rings. The number of nitrogens with zero attached hydrogens (tertiary/aromatic N) is 4. The molecule has 5 N–H and O–H groups in total. The largest absolute Gasteiger partial charge is 0.428 e. The van der Waals surface area contributed by atoms with Gasteiger partial charge in [0, 0.05) is 41.5 Å². The van der Waals surface area contributed by atoms with E-state index in [1.165, 1.54) is 4.40 Å². The number of aromatic nitrogens is 5. The molecule has 0 spiro atoms. The third kappa shape index (κ3) is 5.36. The Morgan fingerprint density at radius 1 is 1.05 bits per heavy atom. The molecule has 2 atom stereocenters. The number of nitrogen functional groups attached to an aromatic ring is 1. The summed E-state index contributed by atoms with van der Waals surface area (Å²) in [5.41, 5.74) is 11.8. The SMILES string of the molecule is Cc1cc(-c2c(-c3ccccc3)nc(N)[n+]3c(=O)n(CCNC4CCCC(C(=O)NC5CC5)C4)[nH]c23)cc(C)n1.